The number of benzene rings is 2. The topological polar surface area (TPSA) is 66.4 Å². The fraction of sp³-hybridized carbons (Fsp3) is 0.304. The van der Waals surface area contributed by atoms with E-state index in [0.29, 0.717) is 22.9 Å². The molecule has 0 fully saturated rings. The number of hydrogen-bond donors (Lipinski definition) is 1. The summed E-state index contributed by atoms with van der Waals surface area (Å²) in [5.41, 5.74) is 5.23. The van der Waals surface area contributed by atoms with Crippen LogP contribution in [0.1, 0.15) is 29.2 Å². The van der Waals surface area contributed by atoms with E-state index >= 15 is 0 Å². The molecule has 0 saturated heterocycles. The van der Waals surface area contributed by atoms with Crippen LogP contribution in [0.15, 0.2) is 47.2 Å². The molecule has 3 rings (SSSR count). The van der Waals surface area contributed by atoms with Gasteiger partial charge in [0.05, 0.1) is 19.9 Å². The maximum atomic E-state index is 12.5. The molecule has 0 bridgehead atoms. The molecule has 0 aromatic heterocycles. The Bertz CT molecular complexity index is 994. The molecule has 0 saturated carbocycles. The minimum Gasteiger partial charge on any atom is -0.493 e. The van der Waals surface area contributed by atoms with E-state index in [-0.39, 0.29) is 6.03 Å². The van der Waals surface area contributed by atoms with Crippen LogP contribution in [0.25, 0.3) is 6.08 Å². The van der Waals surface area contributed by atoms with E-state index in [4.69, 9.17) is 14.6 Å². The molecule has 2 amide bonds. The van der Waals surface area contributed by atoms with E-state index < -0.39 is 0 Å². The molecule has 1 heterocycles. The van der Waals surface area contributed by atoms with Crippen molar-refractivity contribution < 1.29 is 14.3 Å². The van der Waals surface area contributed by atoms with Crippen LogP contribution in [0.3, 0.4) is 0 Å². The highest BCUT2D eigenvalue weighted by atomic mass is 16.5. The summed E-state index contributed by atoms with van der Waals surface area (Å²) in [5.74, 6) is 1.22. The minimum absolute atomic E-state index is 0.308. The Morgan fingerprint density at radius 2 is 1.73 bits per heavy atom. The summed E-state index contributed by atoms with van der Waals surface area (Å²) in [6.07, 6.45) is 1.92. The van der Waals surface area contributed by atoms with Crippen LogP contribution >= 0.6 is 0 Å². The summed E-state index contributed by atoms with van der Waals surface area (Å²) in [6.45, 7) is 2.70. The lowest BCUT2D eigenvalue weighted by Crippen LogP contribution is -2.33. The standard InChI is InChI=1S/C23H28N4O3/c1-15-11-18-12-20(29-5)21(30-6)13-19(18)22(25-27(15)23(28)24-2)17-9-7-16(8-10-17)14-26(3)4/h7-13H,14H2,1-6H3,(H,24,28). The maximum absolute atomic E-state index is 12.5. The van der Waals surface area contributed by atoms with Crippen molar-refractivity contribution in [1.82, 2.24) is 15.2 Å². The number of methoxy groups -OCH3 is 2. The van der Waals surface area contributed by atoms with Crippen molar-refractivity contribution in [2.45, 2.75) is 13.5 Å². The summed E-state index contributed by atoms with van der Waals surface area (Å²) in [4.78, 5) is 14.6. The number of nitrogens with one attached hydrogen (secondary N) is 1. The lowest BCUT2D eigenvalue weighted by Gasteiger charge is -2.18. The van der Waals surface area contributed by atoms with Crippen LogP contribution in [0, 0.1) is 0 Å². The van der Waals surface area contributed by atoms with Gasteiger partial charge in [0.15, 0.2) is 11.5 Å². The molecule has 2 aromatic rings. The van der Waals surface area contributed by atoms with E-state index in [9.17, 15) is 4.79 Å². The van der Waals surface area contributed by atoms with E-state index in [2.05, 4.69) is 22.3 Å². The number of ether oxygens (including phenoxy) is 2. The van der Waals surface area contributed by atoms with Crippen molar-refractivity contribution >= 4 is 17.8 Å². The lowest BCUT2D eigenvalue weighted by molar-refractivity contribution is 0.215. The monoisotopic (exact) mass is 408 g/mol. The number of nitrogens with zero attached hydrogens (tertiary/aromatic N) is 3. The van der Waals surface area contributed by atoms with Gasteiger partial charge in [-0.3, -0.25) is 0 Å². The number of allylic oxidation sites excluding steroid dienone is 1. The molecule has 7 nitrogen and oxygen atoms in total. The third kappa shape index (κ3) is 4.31. The van der Waals surface area contributed by atoms with Crippen molar-refractivity contribution in [2.24, 2.45) is 5.10 Å². The fourth-order valence-corrected chi connectivity index (χ4v) is 3.40. The molecule has 0 radical (unpaired) electrons. The van der Waals surface area contributed by atoms with Gasteiger partial charge in [0.25, 0.3) is 0 Å². The second-order valence-electron chi connectivity index (χ2n) is 7.33. The Labute approximate surface area is 177 Å². The summed E-state index contributed by atoms with van der Waals surface area (Å²) in [6, 6.07) is 11.7. The molecule has 1 aliphatic heterocycles. The number of amides is 2. The van der Waals surface area contributed by atoms with Gasteiger partial charge in [0, 0.05) is 30.4 Å². The smallest absolute Gasteiger partial charge is 0.342 e. The van der Waals surface area contributed by atoms with E-state index in [1.54, 1.807) is 21.3 Å². The molecule has 7 heteroatoms. The first-order valence-electron chi connectivity index (χ1n) is 9.67. The molecule has 0 spiro atoms. The summed E-state index contributed by atoms with van der Waals surface area (Å²) in [5, 5.41) is 8.75. The van der Waals surface area contributed by atoms with E-state index in [1.807, 2.05) is 51.4 Å². The zero-order chi connectivity index (χ0) is 21.8. The molecule has 30 heavy (non-hydrogen) atoms. The van der Waals surface area contributed by atoms with Gasteiger partial charge in [-0.05, 0) is 50.4 Å². The normalized spacial score (nSPS) is 13.2. The third-order valence-electron chi connectivity index (χ3n) is 4.84. The molecule has 2 aromatic carbocycles. The number of rotatable bonds is 5. The highest BCUT2D eigenvalue weighted by Crippen LogP contribution is 2.35. The number of urea groups is 1. The lowest BCUT2D eigenvalue weighted by atomic mass is 9.96. The molecular formula is C23H28N4O3. The summed E-state index contributed by atoms with van der Waals surface area (Å²) in [7, 11) is 8.87. The van der Waals surface area contributed by atoms with Gasteiger partial charge in [-0.25, -0.2) is 4.79 Å². The van der Waals surface area contributed by atoms with Crippen LogP contribution in [-0.2, 0) is 6.54 Å². The SMILES string of the molecule is CNC(=O)N1N=C(c2ccc(CN(C)C)cc2)c2cc(OC)c(OC)cc2C=C1C. The maximum Gasteiger partial charge on any atom is 0.342 e. The first-order chi connectivity index (χ1) is 14.4. The van der Waals surface area contributed by atoms with Gasteiger partial charge >= 0.3 is 6.03 Å². The van der Waals surface area contributed by atoms with Crippen LogP contribution in [0.4, 0.5) is 4.79 Å². The fourth-order valence-electron chi connectivity index (χ4n) is 3.40. The molecular weight excluding hydrogens is 380 g/mol. The van der Waals surface area contributed by atoms with Crippen molar-refractivity contribution in [3.8, 4) is 11.5 Å². The van der Waals surface area contributed by atoms with Gasteiger partial charge in [-0.2, -0.15) is 10.1 Å². The number of fused-ring (bicyclic) bond motifs is 1. The molecule has 0 unspecified atom stereocenters. The Morgan fingerprint density at radius 3 is 2.30 bits per heavy atom. The van der Waals surface area contributed by atoms with Crippen LogP contribution in [-0.4, -0.2) is 57.0 Å². The van der Waals surface area contributed by atoms with Gasteiger partial charge < -0.3 is 19.7 Å². The van der Waals surface area contributed by atoms with Crippen molar-refractivity contribution in [2.75, 3.05) is 35.4 Å². The predicted molar refractivity (Wildman–Crippen MR) is 119 cm³/mol. The minimum atomic E-state index is -0.308. The van der Waals surface area contributed by atoms with Gasteiger partial charge in [-0.1, -0.05) is 24.3 Å². The largest absolute Gasteiger partial charge is 0.493 e. The van der Waals surface area contributed by atoms with Gasteiger partial charge in [0.1, 0.15) is 0 Å². The number of carbonyl (C=O) groups excluding carboxylic acids is 1. The average molecular weight is 409 g/mol. The Balaban J connectivity index is 2.19. The Morgan fingerprint density at radius 1 is 1.10 bits per heavy atom. The average Bonchev–Trinajstić information content (AvgIpc) is 2.88. The molecule has 0 atom stereocenters. The number of carbonyl (C=O) groups is 1. The molecule has 1 aliphatic rings. The zero-order valence-corrected chi connectivity index (χ0v) is 18.3. The van der Waals surface area contributed by atoms with E-state index in [1.165, 1.54) is 10.6 Å². The second kappa shape index (κ2) is 9.00. The highest BCUT2D eigenvalue weighted by molar-refractivity contribution is 6.16. The van der Waals surface area contributed by atoms with Crippen molar-refractivity contribution in [1.29, 1.82) is 0 Å². The summed E-state index contributed by atoms with van der Waals surface area (Å²) >= 11 is 0. The highest BCUT2D eigenvalue weighted by Gasteiger charge is 2.24. The van der Waals surface area contributed by atoms with Gasteiger partial charge in [-0.15, -0.1) is 0 Å². The van der Waals surface area contributed by atoms with Crippen LogP contribution in [0.2, 0.25) is 0 Å². The predicted octanol–water partition coefficient (Wildman–Crippen LogP) is 3.53. The van der Waals surface area contributed by atoms with Crippen LogP contribution < -0.4 is 14.8 Å². The summed E-state index contributed by atoms with van der Waals surface area (Å²) < 4.78 is 11.0. The zero-order valence-electron chi connectivity index (χ0n) is 18.3. The van der Waals surface area contributed by atoms with E-state index in [0.717, 1.165) is 23.2 Å². The Hall–Kier alpha value is -3.32. The molecule has 0 aliphatic carbocycles. The van der Waals surface area contributed by atoms with Crippen molar-refractivity contribution in [3.63, 3.8) is 0 Å². The second-order valence-corrected chi connectivity index (χ2v) is 7.33. The number of hydrazone groups is 1. The first kappa shape index (κ1) is 21.4. The Kier molecular flexibility index (Phi) is 6.42. The first-order valence-corrected chi connectivity index (χ1v) is 9.67. The van der Waals surface area contributed by atoms with Crippen LogP contribution in [0.5, 0.6) is 11.5 Å². The van der Waals surface area contributed by atoms with Gasteiger partial charge in [0.2, 0.25) is 0 Å². The van der Waals surface area contributed by atoms with Crippen molar-refractivity contribution in [3.05, 3.63) is 64.3 Å². The quantitative estimate of drug-likeness (QED) is 0.822. The molecule has 1 N–H and O–H groups in total. The number of hydrogen-bond acceptors (Lipinski definition) is 5. The third-order valence-corrected chi connectivity index (χ3v) is 4.84. The molecule has 158 valence electrons.